The lowest BCUT2D eigenvalue weighted by molar-refractivity contribution is 0.140. The van der Waals surface area contributed by atoms with Crippen molar-refractivity contribution in [2.75, 3.05) is 26.8 Å². The zero-order chi connectivity index (χ0) is 19.8. The molecule has 0 spiro atoms. The maximum atomic E-state index is 6.17. The van der Waals surface area contributed by atoms with E-state index in [1.165, 1.54) is 11.1 Å². The molecule has 5 nitrogen and oxygen atoms in total. The maximum absolute atomic E-state index is 6.17. The standard InChI is InChI=1S/C22H28ClN3O2/c1-16-6-7-18(21(12-16)28-20-9-11-27-15-20)14-26-22(24-2)25-10-8-17-4-3-5-19(23)13-17/h3-7,12-13,20H,8-11,14-15H2,1-2H3,(H2,24,25,26). The van der Waals surface area contributed by atoms with E-state index in [2.05, 4.69) is 46.8 Å². The van der Waals surface area contributed by atoms with Crippen LogP contribution in [0.5, 0.6) is 5.75 Å². The van der Waals surface area contributed by atoms with Gasteiger partial charge in [-0.2, -0.15) is 0 Å². The van der Waals surface area contributed by atoms with Gasteiger partial charge in [0.05, 0.1) is 13.2 Å². The van der Waals surface area contributed by atoms with Crippen LogP contribution in [0.2, 0.25) is 5.02 Å². The summed E-state index contributed by atoms with van der Waals surface area (Å²) in [6, 6.07) is 14.2. The van der Waals surface area contributed by atoms with Crippen LogP contribution in [-0.2, 0) is 17.7 Å². The van der Waals surface area contributed by atoms with Crippen molar-refractivity contribution in [1.82, 2.24) is 10.6 Å². The third-order valence-electron chi connectivity index (χ3n) is 4.67. The van der Waals surface area contributed by atoms with Crippen LogP contribution in [0.25, 0.3) is 0 Å². The first-order valence-electron chi connectivity index (χ1n) is 9.67. The fourth-order valence-corrected chi connectivity index (χ4v) is 3.33. The van der Waals surface area contributed by atoms with Gasteiger partial charge >= 0.3 is 0 Å². The molecule has 0 bridgehead atoms. The van der Waals surface area contributed by atoms with Gasteiger partial charge in [-0.05, 0) is 42.7 Å². The largest absolute Gasteiger partial charge is 0.488 e. The minimum atomic E-state index is 0.135. The topological polar surface area (TPSA) is 54.9 Å². The molecule has 2 N–H and O–H groups in total. The van der Waals surface area contributed by atoms with E-state index in [9.17, 15) is 0 Å². The van der Waals surface area contributed by atoms with Crippen LogP contribution in [0.4, 0.5) is 0 Å². The summed E-state index contributed by atoms with van der Waals surface area (Å²) in [6.07, 6.45) is 1.95. The zero-order valence-electron chi connectivity index (χ0n) is 16.5. The van der Waals surface area contributed by atoms with Crippen molar-refractivity contribution in [3.8, 4) is 5.75 Å². The van der Waals surface area contributed by atoms with E-state index < -0.39 is 0 Å². The van der Waals surface area contributed by atoms with Crippen molar-refractivity contribution in [3.05, 3.63) is 64.2 Å². The van der Waals surface area contributed by atoms with Crippen LogP contribution in [0.1, 0.15) is 23.1 Å². The molecule has 2 aromatic carbocycles. The molecule has 1 atom stereocenters. The van der Waals surface area contributed by atoms with Gasteiger partial charge < -0.3 is 20.1 Å². The lowest BCUT2D eigenvalue weighted by Gasteiger charge is -2.18. The fraction of sp³-hybridized carbons (Fsp3) is 0.409. The summed E-state index contributed by atoms with van der Waals surface area (Å²) in [7, 11) is 1.77. The number of aliphatic imine (C=N–C) groups is 1. The molecule has 1 unspecified atom stereocenters. The highest BCUT2D eigenvalue weighted by Crippen LogP contribution is 2.23. The molecule has 0 aromatic heterocycles. The molecule has 6 heteroatoms. The van der Waals surface area contributed by atoms with E-state index in [4.69, 9.17) is 21.1 Å². The normalized spacial score (nSPS) is 16.8. The first kappa shape index (κ1) is 20.5. The molecular formula is C22H28ClN3O2. The molecule has 1 heterocycles. The Kier molecular flexibility index (Phi) is 7.57. The Morgan fingerprint density at radius 3 is 2.89 bits per heavy atom. The van der Waals surface area contributed by atoms with Crippen molar-refractivity contribution in [2.24, 2.45) is 4.99 Å². The van der Waals surface area contributed by atoms with Crippen molar-refractivity contribution >= 4 is 17.6 Å². The molecule has 0 aliphatic carbocycles. The van der Waals surface area contributed by atoms with Gasteiger partial charge in [-0.25, -0.2) is 0 Å². The molecule has 1 aliphatic heterocycles. The van der Waals surface area contributed by atoms with Crippen LogP contribution in [0.3, 0.4) is 0 Å². The third kappa shape index (κ3) is 6.14. The highest BCUT2D eigenvalue weighted by molar-refractivity contribution is 6.30. The second-order valence-electron chi connectivity index (χ2n) is 6.95. The number of halogens is 1. The van der Waals surface area contributed by atoms with Crippen molar-refractivity contribution in [1.29, 1.82) is 0 Å². The Hall–Kier alpha value is -2.24. The molecular weight excluding hydrogens is 374 g/mol. The van der Waals surface area contributed by atoms with Gasteiger partial charge in [0.25, 0.3) is 0 Å². The summed E-state index contributed by atoms with van der Waals surface area (Å²) < 4.78 is 11.6. The summed E-state index contributed by atoms with van der Waals surface area (Å²) in [4.78, 5) is 4.31. The first-order chi connectivity index (χ1) is 13.6. The molecule has 0 amide bonds. The molecule has 1 fully saturated rings. The monoisotopic (exact) mass is 401 g/mol. The highest BCUT2D eigenvalue weighted by Gasteiger charge is 2.18. The lowest BCUT2D eigenvalue weighted by Crippen LogP contribution is -2.38. The van der Waals surface area contributed by atoms with Crippen LogP contribution in [0.15, 0.2) is 47.5 Å². The van der Waals surface area contributed by atoms with Gasteiger partial charge in [0.1, 0.15) is 11.9 Å². The zero-order valence-corrected chi connectivity index (χ0v) is 17.3. The smallest absolute Gasteiger partial charge is 0.191 e. The number of nitrogens with zero attached hydrogens (tertiary/aromatic N) is 1. The number of hydrogen-bond acceptors (Lipinski definition) is 3. The average Bonchev–Trinajstić information content (AvgIpc) is 3.19. The fourth-order valence-electron chi connectivity index (χ4n) is 3.12. The Morgan fingerprint density at radius 1 is 1.25 bits per heavy atom. The predicted molar refractivity (Wildman–Crippen MR) is 114 cm³/mol. The van der Waals surface area contributed by atoms with Gasteiger partial charge in [-0.15, -0.1) is 0 Å². The predicted octanol–water partition coefficient (Wildman–Crippen LogP) is 3.72. The average molecular weight is 402 g/mol. The summed E-state index contributed by atoms with van der Waals surface area (Å²) in [5.74, 6) is 1.68. The second-order valence-corrected chi connectivity index (χ2v) is 7.38. The van der Waals surface area contributed by atoms with Crippen LogP contribution in [0, 0.1) is 6.92 Å². The van der Waals surface area contributed by atoms with Crippen LogP contribution >= 0.6 is 11.6 Å². The van der Waals surface area contributed by atoms with Gasteiger partial charge in [-0.1, -0.05) is 35.9 Å². The van der Waals surface area contributed by atoms with Crippen molar-refractivity contribution < 1.29 is 9.47 Å². The minimum absolute atomic E-state index is 0.135. The number of aryl methyl sites for hydroxylation is 1. The minimum Gasteiger partial charge on any atom is -0.488 e. The van der Waals surface area contributed by atoms with Gasteiger partial charge in [0, 0.05) is 37.1 Å². The SMILES string of the molecule is CN=C(NCCc1cccc(Cl)c1)NCc1ccc(C)cc1OC1CCOC1. The summed E-state index contributed by atoms with van der Waals surface area (Å²) >= 11 is 6.04. The summed E-state index contributed by atoms with van der Waals surface area (Å²) in [5.41, 5.74) is 3.49. The number of guanidine groups is 1. The number of nitrogens with one attached hydrogen (secondary N) is 2. The molecule has 0 radical (unpaired) electrons. The number of ether oxygens (including phenoxy) is 2. The van der Waals surface area contributed by atoms with Gasteiger partial charge in [-0.3, -0.25) is 4.99 Å². The van der Waals surface area contributed by atoms with Crippen LogP contribution in [-0.4, -0.2) is 38.9 Å². The quantitative estimate of drug-likeness (QED) is 0.548. The highest BCUT2D eigenvalue weighted by atomic mass is 35.5. The third-order valence-corrected chi connectivity index (χ3v) is 4.90. The first-order valence-corrected chi connectivity index (χ1v) is 10.0. The molecule has 0 saturated carbocycles. The summed E-state index contributed by atoms with van der Waals surface area (Å²) in [6.45, 7) is 4.92. The molecule has 28 heavy (non-hydrogen) atoms. The van der Waals surface area contributed by atoms with Gasteiger partial charge in [0.15, 0.2) is 5.96 Å². The number of benzene rings is 2. The maximum Gasteiger partial charge on any atom is 0.191 e. The Morgan fingerprint density at radius 2 is 2.14 bits per heavy atom. The van der Waals surface area contributed by atoms with E-state index in [0.717, 1.165) is 48.3 Å². The van der Waals surface area contributed by atoms with E-state index in [1.807, 2.05) is 18.2 Å². The lowest BCUT2D eigenvalue weighted by atomic mass is 10.1. The van der Waals surface area contributed by atoms with Crippen molar-refractivity contribution in [2.45, 2.75) is 32.4 Å². The number of rotatable bonds is 7. The second kappa shape index (κ2) is 10.3. The Balaban J connectivity index is 1.52. The molecule has 1 aliphatic rings. The van der Waals surface area contributed by atoms with E-state index in [-0.39, 0.29) is 6.10 Å². The molecule has 2 aromatic rings. The van der Waals surface area contributed by atoms with E-state index in [0.29, 0.717) is 13.2 Å². The Labute approximate surface area is 172 Å². The van der Waals surface area contributed by atoms with Gasteiger partial charge in [0.2, 0.25) is 0 Å². The Bertz CT molecular complexity index is 804. The molecule has 150 valence electrons. The molecule has 1 saturated heterocycles. The van der Waals surface area contributed by atoms with E-state index >= 15 is 0 Å². The number of hydrogen-bond donors (Lipinski definition) is 2. The molecule has 3 rings (SSSR count). The van der Waals surface area contributed by atoms with Crippen molar-refractivity contribution in [3.63, 3.8) is 0 Å². The summed E-state index contributed by atoms with van der Waals surface area (Å²) in [5, 5.41) is 7.48. The van der Waals surface area contributed by atoms with E-state index in [1.54, 1.807) is 7.05 Å². The van der Waals surface area contributed by atoms with Crippen LogP contribution < -0.4 is 15.4 Å².